The summed E-state index contributed by atoms with van der Waals surface area (Å²) in [7, 11) is 3.41. The average molecular weight is 640 g/mol. The molecule has 2 aromatic heterocycles. The van der Waals surface area contributed by atoms with E-state index in [1.54, 1.807) is 19.2 Å². The molecule has 3 aromatic rings. The zero-order chi connectivity index (χ0) is 31.6. The molecule has 4 rings (SSSR count). The van der Waals surface area contributed by atoms with Gasteiger partial charge in [-0.05, 0) is 38.6 Å². The minimum Gasteiger partial charge on any atom is -0.490 e. The maximum Gasteiger partial charge on any atom is 0.290 e. The van der Waals surface area contributed by atoms with Crippen LogP contribution in [0.3, 0.4) is 0 Å². The largest absolute Gasteiger partial charge is 0.490 e. The number of hydrogen-bond acceptors (Lipinski definition) is 13. The standard InChI is InChI=1S/C24H32N8O6S2.CH2O2/c1-24(2)20(22(34)32(24)38-40-35-4)28-21(33)19(17-14-39-23(26)27-17)29-37-11-10-36-16-6-7-18-15(12-16)13-31(30(18)3)9-5-8-25;2-1-3/h6-7,12-14,20H,5,8-11,25H2,1-4H3,(H2-,26,27,28,33);1H,(H,2,3)/p+1/b29-19-;/t20-;/m1./s1. The van der Waals surface area contributed by atoms with Crippen molar-refractivity contribution in [3.63, 3.8) is 0 Å². The highest BCUT2D eigenvalue weighted by atomic mass is 32.2. The summed E-state index contributed by atoms with van der Waals surface area (Å²) in [5.74, 6) is -0.408. The van der Waals surface area contributed by atoms with E-state index in [4.69, 9.17) is 39.4 Å². The number of amides is 2. The van der Waals surface area contributed by atoms with Crippen molar-refractivity contribution in [3.05, 3.63) is 35.5 Å². The second-order valence-corrected chi connectivity index (χ2v) is 11.0. The molecule has 0 spiro atoms. The summed E-state index contributed by atoms with van der Waals surface area (Å²) in [5.41, 5.74) is 11.8. The van der Waals surface area contributed by atoms with E-state index in [1.165, 1.54) is 7.11 Å². The van der Waals surface area contributed by atoms with Gasteiger partial charge >= 0.3 is 0 Å². The normalized spacial score (nSPS) is 15.8. The predicted molar refractivity (Wildman–Crippen MR) is 159 cm³/mol. The van der Waals surface area contributed by atoms with Crippen LogP contribution in [0.5, 0.6) is 5.75 Å². The molecule has 1 fully saturated rings. The Bertz CT molecular complexity index is 1440. The quantitative estimate of drug-likeness (QED) is 0.0364. The van der Waals surface area contributed by atoms with E-state index < -0.39 is 23.4 Å². The highest BCUT2D eigenvalue weighted by molar-refractivity contribution is 7.89. The third-order valence-corrected chi connectivity index (χ3v) is 7.34. The van der Waals surface area contributed by atoms with Gasteiger partial charge in [0, 0.05) is 11.8 Å². The number of carbonyl (C=O) groups is 3. The Balaban J connectivity index is 0.00000162. The topological polar surface area (TPSA) is 210 Å². The van der Waals surface area contributed by atoms with Crippen molar-refractivity contribution in [2.45, 2.75) is 38.4 Å². The van der Waals surface area contributed by atoms with Crippen LogP contribution in [-0.4, -0.2) is 82.3 Å². The summed E-state index contributed by atoms with van der Waals surface area (Å²) in [5, 5.41) is 17.6. The van der Waals surface area contributed by atoms with Gasteiger partial charge in [-0.2, -0.15) is 14.0 Å². The number of thiazole rings is 1. The summed E-state index contributed by atoms with van der Waals surface area (Å²) in [4.78, 5) is 43.6. The Hall–Kier alpha value is -3.97. The van der Waals surface area contributed by atoms with Gasteiger partial charge in [-0.15, -0.1) is 16.0 Å². The number of nitrogen functional groups attached to an aromatic ring is 1. The second kappa shape index (κ2) is 15.5. The Morgan fingerprint density at radius 1 is 1.37 bits per heavy atom. The first-order chi connectivity index (χ1) is 20.6. The number of ether oxygens (including phenoxy) is 1. The van der Waals surface area contributed by atoms with E-state index in [2.05, 4.69) is 31.0 Å². The molecule has 16 nitrogen and oxygen atoms in total. The average Bonchev–Trinajstić information content (AvgIpc) is 3.54. The van der Waals surface area contributed by atoms with E-state index in [-0.39, 0.29) is 36.2 Å². The number of anilines is 1. The van der Waals surface area contributed by atoms with E-state index in [0.717, 1.165) is 40.3 Å². The number of oxime groups is 1. The van der Waals surface area contributed by atoms with Crippen LogP contribution in [0.2, 0.25) is 0 Å². The van der Waals surface area contributed by atoms with Crippen molar-refractivity contribution in [3.8, 4) is 5.75 Å². The van der Waals surface area contributed by atoms with Crippen molar-refractivity contribution in [2.75, 3.05) is 32.6 Å². The number of hydroxylamine groups is 2. The number of carbonyl (C=O) groups excluding carboxylic acids is 2. The number of fused-ring (bicyclic) bond motifs is 1. The molecule has 1 saturated heterocycles. The van der Waals surface area contributed by atoms with E-state index in [9.17, 15) is 9.59 Å². The van der Waals surface area contributed by atoms with Gasteiger partial charge in [0.2, 0.25) is 6.20 Å². The zero-order valence-corrected chi connectivity index (χ0v) is 25.7. The second-order valence-electron chi connectivity index (χ2n) is 9.48. The Labute approximate surface area is 255 Å². The lowest BCUT2D eigenvalue weighted by Crippen LogP contribution is -2.76. The number of nitrogens with one attached hydrogen (secondary N) is 1. The number of carboxylic acid groups (broad SMARTS) is 1. The lowest BCUT2D eigenvalue weighted by Gasteiger charge is -2.50. The molecular weight excluding hydrogens is 604 g/mol. The highest BCUT2D eigenvalue weighted by Crippen LogP contribution is 2.34. The molecule has 1 aliphatic rings. The molecule has 234 valence electrons. The van der Waals surface area contributed by atoms with Gasteiger partial charge in [-0.3, -0.25) is 18.6 Å². The molecule has 0 radical (unpaired) electrons. The first-order valence-corrected chi connectivity index (χ1v) is 14.5. The highest BCUT2D eigenvalue weighted by Gasteiger charge is 2.57. The van der Waals surface area contributed by atoms with Gasteiger partial charge < -0.3 is 31.5 Å². The SMILES string of the molecule is COSON1C(=O)[C@@H](NC(=O)/C(=N\OCCOc2ccc3c(c2)c[n+](CCCN)n3C)c2csc(N)n2)C1(C)C.O=CO. The molecule has 0 saturated carbocycles. The van der Waals surface area contributed by atoms with E-state index in [1.807, 2.05) is 25.2 Å². The molecule has 1 aliphatic heterocycles. The van der Waals surface area contributed by atoms with Crippen molar-refractivity contribution < 1.29 is 42.2 Å². The molecule has 1 atom stereocenters. The first kappa shape index (κ1) is 33.5. The Kier molecular flexibility index (Phi) is 12.1. The fraction of sp³-hybridized carbons (Fsp3) is 0.440. The summed E-state index contributed by atoms with van der Waals surface area (Å²) in [6.45, 7) is 4.93. The van der Waals surface area contributed by atoms with Crippen molar-refractivity contribution >= 4 is 63.7 Å². The summed E-state index contributed by atoms with van der Waals surface area (Å²) in [6.07, 6.45) is 2.94. The smallest absolute Gasteiger partial charge is 0.290 e. The van der Waals surface area contributed by atoms with Gasteiger partial charge in [0.15, 0.2) is 36.3 Å². The minimum absolute atomic E-state index is 0.0590. The van der Waals surface area contributed by atoms with Crippen LogP contribution in [-0.2, 0) is 41.3 Å². The van der Waals surface area contributed by atoms with Crippen LogP contribution in [0, 0.1) is 0 Å². The maximum atomic E-state index is 13.1. The number of aromatic nitrogens is 3. The van der Waals surface area contributed by atoms with Gasteiger partial charge in [0.25, 0.3) is 18.3 Å². The van der Waals surface area contributed by atoms with Crippen molar-refractivity contribution in [1.29, 1.82) is 0 Å². The van der Waals surface area contributed by atoms with Crippen LogP contribution >= 0.6 is 23.7 Å². The molecule has 1 aromatic carbocycles. The van der Waals surface area contributed by atoms with Gasteiger partial charge in [0.1, 0.15) is 29.6 Å². The van der Waals surface area contributed by atoms with Gasteiger partial charge in [0.05, 0.1) is 25.1 Å². The maximum absolute atomic E-state index is 13.1. The zero-order valence-electron chi connectivity index (χ0n) is 24.1. The third kappa shape index (κ3) is 8.11. The van der Waals surface area contributed by atoms with Crippen LogP contribution in [0.15, 0.2) is 34.9 Å². The summed E-state index contributed by atoms with van der Waals surface area (Å²) >= 11 is 1.80. The van der Waals surface area contributed by atoms with Crippen LogP contribution in [0.25, 0.3) is 10.9 Å². The summed E-state index contributed by atoms with van der Waals surface area (Å²) in [6, 6.07) is 4.96. The lowest BCUT2D eigenvalue weighted by atomic mass is 9.84. The lowest BCUT2D eigenvalue weighted by molar-refractivity contribution is -0.771. The molecule has 6 N–H and O–H groups in total. The van der Waals surface area contributed by atoms with E-state index >= 15 is 0 Å². The molecule has 3 heterocycles. The number of β-lactam (4-membered cyclic amide) rings is 1. The number of hydrogen-bond donors (Lipinski definition) is 4. The van der Waals surface area contributed by atoms with Gasteiger partial charge in [-0.1, -0.05) is 5.16 Å². The van der Waals surface area contributed by atoms with Crippen LogP contribution in [0.4, 0.5) is 5.13 Å². The fourth-order valence-corrected chi connectivity index (χ4v) is 5.10. The van der Waals surface area contributed by atoms with Crippen LogP contribution in [0.1, 0.15) is 26.0 Å². The van der Waals surface area contributed by atoms with Gasteiger partial charge in [-0.25, -0.2) is 4.98 Å². The number of nitrogens with zero attached hydrogens (tertiary/aromatic N) is 5. The molecule has 18 heteroatoms. The van der Waals surface area contributed by atoms with Crippen molar-refractivity contribution in [1.82, 2.24) is 20.0 Å². The fourth-order valence-electron chi connectivity index (χ4n) is 4.17. The molecule has 0 unspecified atom stereocenters. The van der Waals surface area contributed by atoms with Crippen molar-refractivity contribution in [2.24, 2.45) is 17.9 Å². The van der Waals surface area contributed by atoms with E-state index in [0.29, 0.717) is 24.6 Å². The number of nitrogens with two attached hydrogens (primary N) is 2. The number of aryl methyl sites for hydroxylation is 2. The predicted octanol–water partition coefficient (Wildman–Crippen LogP) is 0.601. The van der Waals surface area contributed by atoms with Crippen LogP contribution < -0.4 is 26.2 Å². The minimum atomic E-state index is -0.858. The first-order valence-electron chi connectivity index (χ1n) is 12.9. The molecular formula is C25H35N8O8S2+. The summed E-state index contributed by atoms with van der Waals surface area (Å²) < 4.78 is 20.0. The number of rotatable bonds is 14. The molecule has 43 heavy (non-hydrogen) atoms. The molecule has 0 aliphatic carbocycles. The molecule has 2 amide bonds. The molecule has 0 bridgehead atoms. The Morgan fingerprint density at radius 3 is 2.74 bits per heavy atom. The number of benzene rings is 1. The Morgan fingerprint density at radius 2 is 2.12 bits per heavy atom. The monoisotopic (exact) mass is 639 g/mol. The third-order valence-electron chi connectivity index (χ3n) is 6.32.